The van der Waals surface area contributed by atoms with Crippen LogP contribution in [0.15, 0.2) is 24.3 Å². The molecule has 1 amide bonds. The van der Waals surface area contributed by atoms with Crippen molar-refractivity contribution in [1.29, 1.82) is 0 Å². The number of nitrogens with one attached hydrogen (secondary N) is 1. The maximum absolute atomic E-state index is 10.7. The molecule has 0 saturated heterocycles. The third kappa shape index (κ3) is 5.28. The number of hydrogen-bond donors (Lipinski definition) is 3. The highest BCUT2D eigenvalue weighted by Gasteiger charge is 2.12. The van der Waals surface area contributed by atoms with Crippen molar-refractivity contribution in [1.82, 2.24) is 5.32 Å². The van der Waals surface area contributed by atoms with Crippen LogP contribution < -0.4 is 15.8 Å². The topological polar surface area (TPSA) is 84.6 Å². The van der Waals surface area contributed by atoms with Crippen molar-refractivity contribution in [2.24, 2.45) is 5.73 Å². The van der Waals surface area contributed by atoms with Crippen molar-refractivity contribution >= 4 is 5.91 Å². The fourth-order valence-corrected chi connectivity index (χ4v) is 1.61. The Labute approximate surface area is 113 Å². The summed E-state index contributed by atoms with van der Waals surface area (Å²) in [6, 6.07) is 7.72. The minimum atomic E-state index is -1.16. The van der Waals surface area contributed by atoms with E-state index >= 15 is 0 Å². The maximum Gasteiger partial charge on any atom is 0.247 e. The molecule has 0 spiro atoms. The summed E-state index contributed by atoms with van der Waals surface area (Å²) in [5, 5.41) is 12.4. The molecule has 1 rings (SSSR count). The van der Waals surface area contributed by atoms with Crippen LogP contribution in [0.1, 0.15) is 32.4 Å². The molecule has 0 heterocycles. The van der Waals surface area contributed by atoms with Crippen molar-refractivity contribution in [2.45, 2.75) is 39.0 Å². The second-order valence-electron chi connectivity index (χ2n) is 4.78. The van der Waals surface area contributed by atoms with Gasteiger partial charge in [-0.3, -0.25) is 4.79 Å². The van der Waals surface area contributed by atoms with Crippen LogP contribution in [0, 0.1) is 0 Å². The van der Waals surface area contributed by atoms with Gasteiger partial charge in [0.1, 0.15) is 11.9 Å². The van der Waals surface area contributed by atoms with Crippen LogP contribution in [0.4, 0.5) is 0 Å². The van der Waals surface area contributed by atoms with Crippen LogP contribution in [0.3, 0.4) is 0 Å². The lowest BCUT2D eigenvalue weighted by atomic mass is 10.1. The molecule has 2 atom stereocenters. The van der Waals surface area contributed by atoms with Gasteiger partial charge in [-0.1, -0.05) is 12.1 Å². The van der Waals surface area contributed by atoms with E-state index in [-0.39, 0.29) is 18.7 Å². The predicted molar refractivity (Wildman–Crippen MR) is 73.8 cm³/mol. The van der Waals surface area contributed by atoms with Gasteiger partial charge in [0, 0.05) is 12.6 Å². The lowest BCUT2D eigenvalue weighted by Crippen LogP contribution is -2.38. The number of aliphatic hydroxyl groups excluding tert-OH is 1. The summed E-state index contributed by atoms with van der Waals surface area (Å²) >= 11 is 0. The second kappa shape index (κ2) is 7.11. The maximum atomic E-state index is 10.7. The van der Waals surface area contributed by atoms with E-state index in [4.69, 9.17) is 10.5 Å². The molecule has 0 aliphatic heterocycles. The van der Waals surface area contributed by atoms with Crippen LogP contribution >= 0.6 is 0 Å². The number of benzene rings is 1. The summed E-state index contributed by atoms with van der Waals surface area (Å²) in [5.74, 6) is 0.100. The van der Waals surface area contributed by atoms with Crippen molar-refractivity contribution in [3.8, 4) is 5.75 Å². The Hall–Kier alpha value is -1.59. The van der Waals surface area contributed by atoms with E-state index in [0.29, 0.717) is 0 Å². The number of rotatable bonds is 7. The number of amides is 1. The zero-order valence-corrected chi connectivity index (χ0v) is 11.6. The van der Waals surface area contributed by atoms with Crippen molar-refractivity contribution in [3.63, 3.8) is 0 Å². The zero-order chi connectivity index (χ0) is 14.4. The Kier molecular flexibility index (Phi) is 5.79. The Morgan fingerprint density at radius 2 is 1.89 bits per heavy atom. The number of aliphatic hydroxyl groups is 1. The molecule has 0 aromatic heterocycles. The van der Waals surface area contributed by atoms with E-state index in [1.165, 1.54) is 0 Å². The Morgan fingerprint density at radius 1 is 1.32 bits per heavy atom. The largest absolute Gasteiger partial charge is 0.491 e. The fourth-order valence-electron chi connectivity index (χ4n) is 1.61. The van der Waals surface area contributed by atoms with Crippen molar-refractivity contribution in [2.75, 3.05) is 6.54 Å². The zero-order valence-electron chi connectivity index (χ0n) is 11.6. The quantitative estimate of drug-likeness (QED) is 0.686. The molecule has 1 aromatic rings. The summed E-state index contributed by atoms with van der Waals surface area (Å²) < 4.78 is 5.56. The van der Waals surface area contributed by atoms with Gasteiger partial charge in [0.15, 0.2) is 0 Å². The average molecular weight is 266 g/mol. The number of hydrogen-bond acceptors (Lipinski definition) is 4. The summed E-state index contributed by atoms with van der Waals surface area (Å²) in [5.41, 5.74) is 6.03. The molecule has 4 N–H and O–H groups in total. The first kappa shape index (κ1) is 15.5. The van der Waals surface area contributed by atoms with Gasteiger partial charge in [0.25, 0.3) is 0 Å². The first-order valence-corrected chi connectivity index (χ1v) is 6.37. The highest BCUT2D eigenvalue weighted by atomic mass is 16.5. The normalized spacial score (nSPS) is 14.2. The van der Waals surface area contributed by atoms with Gasteiger partial charge in [-0.2, -0.15) is 0 Å². The lowest BCUT2D eigenvalue weighted by molar-refractivity contribution is -0.125. The highest BCUT2D eigenvalue weighted by molar-refractivity contribution is 5.78. The predicted octanol–water partition coefficient (Wildman–Crippen LogP) is 0.971. The fraction of sp³-hybridized carbons (Fsp3) is 0.500. The van der Waals surface area contributed by atoms with Gasteiger partial charge in [-0.05, 0) is 38.5 Å². The second-order valence-corrected chi connectivity index (χ2v) is 4.78. The number of ether oxygens (including phenoxy) is 1. The van der Waals surface area contributed by atoms with Crippen molar-refractivity contribution in [3.05, 3.63) is 29.8 Å². The molecule has 0 bridgehead atoms. The number of carbonyl (C=O) groups excluding carboxylic acids is 1. The van der Waals surface area contributed by atoms with E-state index in [2.05, 4.69) is 5.32 Å². The van der Waals surface area contributed by atoms with Crippen LogP contribution in [0.2, 0.25) is 0 Å². The molecule has 0 aliphatic carbocycles. The average Bonchev–Trinajstić information content (AvgIpc) is 2.35. The van der Waals surface area contributed by atoms with Gasteiger partial charge in [-0.15, -0.1) is 0 Å². The van der Waals surface area contributed by atoms with Gasteiger partial charge >= 0.3 is 0 Å². The Morgan fingerprint density at radius 3 is 2.37 bits per heavy atom. The number of carbonyl (C=O) groups is 1. The van der Waals surface area contributed by atoms with Gasteiger partial charge in [-0.25, -0.2) is 0 Å². The van der Waals surface area contributed by atoms with Crippen LogP contribution in [-0.2, 0) is 4.79 Å². The monoisotopic (exact) mass is 266 g/mol. The summed E-state index contributed by atoms with van der Waals surface area (Å²) in [6.45, 7) is 6.04. The SMILES string of the molecule is CC(C)Oc1ccc(C(C)NCC(O)C(N)=O)cc1. The molecule has 0 fully saturated rings. The summed E-state index contributed by atoms with van der Waals surface area (Å²) in [4.78, 5) is 10.7. The molecule has 1 aromatic carbocycles. The summed E-state index contributed by atoms with van der Waals surface area (Å²) in [6.07, 6.45) is -1.02. The Bertz CT molecular complexity index is 404. The van der Waals surface area contributed by atoms with Gasteiger partial charge in [0.05, 0.1) is 6.10 Å². The third-order valence-electron chi connectivity index (χ3n) is 2.70. The number of primary amides is 1. The van der Waals surface area contributed by atoms with E-state index in [9.17, 15) is 9.90 Å². The van der Waals surface area contributed by atoms with E-state index in [0.717, 1.165) is 11.3 Å². The van der Waals surface area contributed by atoms with Crippen LogP contribution in [0.5, 0.6) is 5.75 Å². The van der Waals surface area contributed by atoms with E-state index in [1.807, 2.05) is 45.0 Å². The minimum absolute atomic E-state index is 0.0158. The van der Waals surface area contributed by atoms with Gasteiger partial charge < -0.3 is 20.9 Å². The molecular formula is C14H22N2O3. The smallest absolute Gasteiger partial charge is 0.247 e. The highest BCUT2D eigenvalue weighted by Crippen LogP contribution is 2.18. The molecule has 0 radical (unpaired) electrons. The van der Waals surface area contributed by atoms with E-state index < -0.39 is 12.0 Å². The van der Waals surface area contributed by atoms with Crippen molar-refractivity contribution < 1.29 is 14.6 Å². The molecule has 5 heteroatoms. The standard InChI is InChI=1S/C14H22N2O3/c1-9(2)19-12-6-4-11(5-7-12)10(3)16-8-13(17)14(15)18/h4-7,9-10,13,16-17H,8H2,1-3H3,(H2,15,18). The van der Waals surface area contributed by atoms with E-state index in [1.54, 1.807) is 0 Å². The first-order chi connectivity index (χ1) is 8.90. The molecular weight excluding hydrogens is 244 g/mol. The van der Waals surface area contributed by atoms with Gasteiger partial charge in [0.2, 0.25) is 5.91 Å². The molecule has 0 aliphatic rings. The molecule has 5 nitrogen and oxygen atoms in total. The summed E-state index contributed by atoms with van der Waals surface area (Å²) in [7, 11) is 0. The lowest BCUT2D eigenvalue weighted by Gasteiger charge is -2.17. The molecule has 2 unspecified atom stereocenters. The molecule has 19 heavy (non-hydrogen) atoms. The number of nitrogens with two attached hydrogens (primary N) is 1. The molecule has 0 saturated carbocycles. The minimum Gasteiger partial charge on any atom is -0.491 e. The first-order valence-electron chi connectivity index (χ1n) is 6.37. The van der Waals surface area contributed by atoms with Crippen LogP contribution in [0.25, 0.3) is 0 Å². The third-order valence-corrected chi connectivity index (χ3v) is 2.70. The molecule has 106 valence electrons. The van der Waals surface area contributed by atoms with Crippen LogP contribution in [-0.4, -0.2) is 29.8 Å². The Balaban J connectivity index is 2.53.